The second-order valence-corrected chi connectivity index (χ2v) is 4.62. The zero-order valence-electron chi connectivity index (χ0n) is 11.0. The molecule has 2 unspecified atom stereocenters. The molecule has 17 heavy (non-hydrogen) atoms. The van der Waals surface area contributed by atoms with Gasteiger partial charge in [0, 0.05) is 6.61 Å². The van der Waals surface area contributed by atoms with E-state index in [0.717, 1.165) is 25.8 Å². The van der Waals surface area contributed by atoms with Crippen molar-refractivity contribution in [2.75, 3.05) is 19.8 Å². The highest BCUT2D eigenvalue weighted by atomic mass is 16.6. The van der Waals surface area contributed by atoms with Gasteiger partial charge in [0.2, 0.25) is 0 Å². The first-order chi connectivity index (χ1) is 8.24. The minimum Gasteiger partial charge on any atom is -0.459 e. The highest BCUT2D eigenvalue weighted by molar-refractivity contribution is 5.75. The van der Waals surface area contributed by atoms with Crippen LogP contribution in [0.25, 0.3) is 0 Å². The molecule has 0 radical (unpaired) electrons. The number of hydrogen-bond donors (Lipinski definition) is 1. The van der Waals surface area contributed by atoms with Crippen LogP contribution in [0.4, 0.5) is 0 Å². The molecule has 0 bridgehead atoms. The molecule has 0 aromatic carbocycles. The summed E-state index contributed by atoms with van der Waals surface area (Å²) in [5.74, 6) is -0.126. The van der Waals surface area contributed by atoms with Crippen LogP contribution in [-0.4, -0.2) is 37.9 Å². The fraction of sp³-hybridized carbons (Fsp3) is 0.923. The number of rotatable bonds is 5. The molecule has 0 saturated carbocycles. The van der Waals surface area contributed by atoms with E-state index in [9.17, 15) is 4.79 Å². The fourth-order valence-corrected chi connectivity index (χ4v) is 2.00. The summed E-state index contributed by atoms with van der Waals surface area (Å²) < 4.78 is 10.6. The van der Waals surface area contributed by atoms with Gasteiger partial charge in [-0.25, -0.2) is 0 Å². The SMILES string of the molecule is CCOCC(C)OC(=O)C1CCCCCCN1. The first-order valence-electron chi connectivity index (χ1n) is 6.75. The Bertz CT molecular complexity index is 213. The molecule has 100 valence electrons. The summed E-state index contributed by atoms with van der Waals surface area (Å²) in [6.45, 7) is 5.86. The average molecular weight is 243 g/mol. The van der Waals surface area contributed by atoms with Crippen molar-refractivity contribution >= 4 is 5.97 Å². The topological polar surface area (TPSA) is 47.6 Å². The Morgan fingerprint density at radius 3 is 2.88 bits per heavy atom. The Morgan fingerprint density at radius 1 is 1.35 bits per heavy atom. The zero-order valence-corrected chi connectivity index (χ0v) is 11.0. The quantitative estimate of drug-likeness (QED) is 0.749. The van der Waals surface area contributed by atoms with E-state index < -0.39 is 0 Å². The van der Waals surface area contributed by atoms with E-state index in [0.29, 0.717) is 13.2 Å². The van der Waals surface area contributed by atoms with Crippen LogP contribution in [0.5, 0.6) is 0 Å². The maximum atomic E-state index is 11.9. The maximum Gasteiger partial charge on any atom is 0.323 e. The Hall–Kier alpha value is -0.610. The summed E-state index contributed by atoms with van der Waals surface area (Å²) in [5, 5.41) is 3.27. The minimum absolute atomic E-state index is 0.126. The van der Waals surface area contributed by atoms with Crippen LogP contribution in [0, 0.1) is 0 Å². The lowest BCUT2D eigenvalue weighted by atomic mass is 10.0. The normalized spacial score (nSPS) is 23.5. The fourth-order valence-electron chi connectivity index (χ4n) is 2.00. The predicted molar refractivity (Wildman–Crippen MR) is 66.9 cm³/mol. The van der Waals surface area contributed by atoms with Gasteiger partial charge in [-0.05, 0) is 33.2 Å². The molecule has 4 nitrogen and oxygen atoms in total. The molecule has 1 saturated heterocycles. The summed E-state index contributed by atoms with van der Waals surface area (Å²) in [6, 6.07) is -0.126. The van der Waals surface area contributed by atoms with E-state index in [-0.39, 0.29) is 18.1 Å². The second-order valence-electron chi connectivity index (χ2n) is 4.62. The van der Waals surface area contributed by atoms with Crippen molar-refractivity contribution in [2.45, 2.75) is 58.1 Å². The summed E-state index contributed by atoms with van der Waals surface area (Å²) in [6.07, 6.45) is 5.47. The number of esters is 1. The third-order valence-corrected chi connectivity index (χ3v) is 2.97. The highest BCUT2D eigenvalue weighted by Gasteiger charge is 2.21. The third kappa shape index (κ3) is 6.03. The molecule has 4 heteroatoms. The lowest BCUT2D eigenvalue weighted by molar-refractivity contribution is -0.153. The van der Waals surface area contributed by atoms with E-state index in [2.05, 4.69) is 5.32 Å². The van der Waals surface area contributed by atoms with E-state index in [1.165, 1.54) is 12.8 Å². The molecule has 1 heterocycles. The smallest absolute Gasteiger partial charge is 0.323 e. The van der Waals surface area contributed by atoms with Gasteiger partial charge in [-0.15, -0.1) is 0 Å². The number of ether oxygens (including phenoxy) is 2. The molecule has 0 aromatic heterocycles. The van der Waals surface area contributed by atoms with Gasteiger partial charge in [-0.2, -0.15) is 0 Å². The van der Waals surface area contributed by atoms with Gasteiger partial charge in [0.1, 0.15) is 12.1 Å². The highest BCUT2D eigenvalue weighted by Crippen LogP contribution is 2.11. The maximum absolute atomic E-state index is 11.9. The van der Waals surface area contributed by atoms with Crippen molar-refractivity contribution in [1.29, 1.82) is 0 Å². The zero-order chi connectivity index (χ0) is 12.5. The second kappa shape index (κ2) is 8.48. The lowest BCUT2D eigenvalue weighted by Crippen LogP contribution is -2.41. The van der Waals surface area contributed by atoms with E-state index in [1.54, 1.807) is 0 Å². The first-order valence-corrected chi connectivity index (χ1v) is 6.75. The predicted octanol–water partition coefficient (Wildman–Crippen LogP) is 1.88. The summed E-state index contributed by atoms with van der Waals surface area (Å²) in [4.78, 5) is 11.9. The molecule has 1 aliphatic rings. The van der Waals surface area contributed by atoms with Crippen LogP contribution in [0.2, 0.25) is 0 Å². The number of carbonyl (C=O) groups is 1. The number of carbonyl (C=O) groups excluding carboxylic acids is 1. The van der Waals surface area contributed by atoms with Gasteiger partial charge in [0.15, 0.2) is 0 Å². The third-order valence-electron chi connectivity index (χ3n) is 2.97. The van der Waals surface area contributed by atoms with E-state index in [4.69, 9.17) is 9.47 Å². The molecular weight excluding hydrogens is 218 g/mol. The molecule has 1 fully saturated rings. The molecule has 0 amide bonds. The van der Waals surface area contributed by atoms with Crippen molar-refractivity contribution in [1.82, 2.24) is 5.32 Å². The Morgan fingerprint density at radius 2 is 2.12 bits per heavy atom. The van der Waals surface area contributed by atoms with E-state index >= 15 is 0 Å². The molecule has 2 atom stereocenters. The molecule has 0 spiro atoms. The summed E-state index contributed by atoms with van der Waals surface area (Å²) >= 11 is 0. The molecule has 0 aliphatic carbocycles. The van der Waals surface area contributed by atoms with Crippen LogP contribution in [-0.2, 0) is 14.3 Å². The monoisotopic (exact) mass is 243 g/mol. The summed E-state index contributed by atoms with van der Waals surface area (Å²) in [5.41, 5.74) is 0. The van der Waals surface area contributed by atoms with Crippen molar-refractivity contribution in [3.05, 3.63) is 0 Å². The van der Waals surface area contributed by atoms with Crippen molar-refractivity contribution in [3.63, 3.8) is 0 Å². The van der Waals surface area contributed by atoms with E-state index in [1.807, 2.05) is 13.8 Å². The summed E-state index contributed by atoms with van der Waals surface area (Å²) in [7, 11) is 0. The van der Waals surface area contributed by atoms with Gasteiger partial charge in [0.05, 0.1) is 6.61 Å². The number of hydrogen-bond acceptors (Lipinski definition) is 4. The van der Waals surface area contributed by atoms with Gasteiger partial charge < -0.3 is 14.8 Å². The van der Waals surface area contributed by atoms with Crippen LogP contribution < -0.4 is 5.32 Å². The van der Waals surface area contributed by atoms with Gasteiger partial charge in [-0.3, -0.25) is 4.79 Å². The van der Waals surface area contributed by atoms with Crippen molar-refractivity contribution in [3.8, 4) is 0 Å². The van der Waals surface area contributed by atoms with Crippen molar-refractivity contribution in [2.24, 2.45) is 0 Å². The van der Waals surface area contributed by atoms with Crippen LogP contribution in [0.15, 0.2) is 0 Å². The van der Waals surface area contributed by atoms with Gasteiger partial charge in [0.25, 0.3) is 0 Å². The first kappa shape index (κ1) is 14.5. The van der Waals surface area contributed by atoms with Crippen molar-refractivity contribution < 1.29 is 14.3 Å². The minimum atomic E-state index is -0.158. The number of nitrogens with one attached hydrogen (secondary N) is 1. The lowest BCUT2D eigenvalue weighted by Gasteiger charge is -2.22. The largest absolute Gasteiger partial charge is 0.459 e. The molecule has 1 rings (SSSR count). The Kier molecular flexibility index (Phi) is 7.21. The van der Waals surface area contributed by atoms with Crippen LogP contribution in [0.3, 0.4) is 0 Å². The standard InChI is InChI=1S/C13H25NO3/c1-3-16-10-11(2)17-13(15)12-8-6-4-5-7-9-14-12/h11-12,14H,3-10H2,1-2H3. The molecule has 1 N–H and O–H groups in total. The van der Waals surface area contributed by atoms with Gasteiger partial charge >= 0.3 is 5.97 Å². The van der Waals surface area contributed by atoms with Crippen LogP contribution in [0.1, 0.15) is 46.0 Å². The van der Waals surface area contributed by atoms with Crippen LogP contribution >= 0.6 is 0 Å². The molecular formula is C13H25NO3. The molecule has 1 aliphatic heterocycles. The van der Waals surface area contributed by atoms with Gasteiger partial charge in [-0.1, -0.05) is 19.3 Å². The average Bonchev–Trinajstić information content (AvgIpc) is 2.25. The Balaban J connectivity index is 2.28. The molecule has 0 aromatic rings. The Labute approximate surface area is 104 Å².